The summed E-state index contributed by atoms with van der Waals surface area (Å²) in [5.74, 6) is 1.19. The Morgan fingerprint density at radius 1 is 1.24 bits per heavy atom. The Kier molecular flexibility index (Phi) is 5.78. The van der Waals surface area contributed by atoms with Crippen LogP contribution in [0.5, 0.6) is 11.5 Å². The molecular formula is C22H22N2O3S2. The lowest BCUT2D eigenvalue weighted by Gasteiger charge is -2.18. The van der Waals surface area contributed by atoms with Crippen LogP contribution in [0.3, 0.4) is 0 Å². The monoisotopic (exact) mass is 426 g/mol. The van der Waals surface area contributed by atoms with Gasteiger partial charge in [0, 0.05) is 34.4 Å². The van der Waals surface area contributed by atoms with Crippen molar-refractivity contribution >= 4 is 39.2 Å². The predicted octanol–water partition coefficient (Wildman–Crippen LogP) is 4.90. The van der Waals surface area contributed by atoms with Gasteiger partial charge in [-0.1, -0.05) is 31.3 Å². The molecule has 29 heavy (non-hydrogen) atoms. The van der Waals surface area contributed by atoms with Crippen molar-refractivity contribution in [1.82, 2.24) is 4.57 Å². The van der Waals surface area contributed by atoms with Gasteiger partial charge in [-0.3, -0.25) is 4.79 Å². The van der Waals surface area contributed by atoms with Crippen molar-refractivity contribution in [3.05, 3.63) is 59.4 Å². The minimum Gasteiger partial charge on any atom is -0.486 e. The van der Waals surface area contributed by atoms with E-state index in [1.54, 1.807) is 17.8 Å². The molecular weight excluding hydrogens is 404 g/mol. The van der Waals surface area contributed by atoms with Crippen molar-refractivity contribution in [1.29, 1.82) is 0 Å². The zero-order chi connectivity index (χ0) is 20.4. The molecule has 4 rings (SSSR count). The average molecular weight is 427 g/mol. The molecule has 150 valence electrons. The van der Waals surface area contributed by atoms with Gasteiger partial charge in [-0.25, -0.2) is 0 Å². The fourth-order valence-electron chi connectivity index (χ4n) is 3.10. The summed E-state index contributed by atoms with van der Waals surface area (Å²) < 4.78 is 14.4. The lowest BCUT2D eigenvalue weighted by Crippen LogP contribution is -2.17. The van der Waals surface area contributed by atoms with Crippen LogP contribution in [0.1, 0.15) is 24.2 Å². The van der Waals surface area contributed by atoms with E-state index in [4.69, 9.17) is 9.47 Å². The quantitative estimate of drug-likeness (QED) is 0.430. The highest BCUT2D eigenvalue weighted by molar-refractivity contribution is 7.99. The summed E-state index contributed by atoms with van der Waals surface area (Å²) in [6.45, 7) is 9.75. The number of fused-ring (bicyclic) bond motifs is 2. The van der Waals surface area contributed by atoms with Gasteiger partial charge in [-0.05, 0) is 24.3 Å². The van der Waals surface area contributed by atoms with Crippen molar-refractivity contribution in [3.63, 3.8) is 0 Å². The maximum Gasteiger partial charge on any atom is 0.279 e. The minimum absolute atomic E-state index is 0.257. The Balaban J connectivity index is 1.73. The van der Waals surface area contributed by atoms with Crippen LogP contribution in [0.25, 0.3) is 10.2 Å². The first kappa shape index (κ1) is 19.8. The summed E-state index contributed by atoms with van der Waals surface area (Å²) in [4.78, 5) is 19.0. The van der Waals surface area contributed by atoms with Crippen molar-refractivity contribution in [2.45, 2.75) is 30.5 Å². The van der Waals surface area contributed by atoms with Crippen LogP contribution in [-0.2, 0) is 6.54 Å². The summed E-state index contributed by atoms with van der Waals surface area (Å²) >= 11 is 3.23. The second-order valence-electron chi connectivity index (χ2n) is 6.86. The number of hydrogen-bond donors (Lipinski definition) is 0. The lowest BCUT2D eigenvalue weighted by atomic mass is 10.2. The van der Waals surface area contributed by atoms with Crippen molar-refractivity contribution < 1.29 is 14.3 Å². The molecule has 0 aliphatic carbocycles. The largest absolute Gasteiger partial charge is 0.486 e. The SMILES string of the molecule is C=CCn1c(=NC(=O)c2ccc(SC(C)C)cc2)sc2cc3c(cc21)OCCO3. The first-order valence-corrected chi connectivity index (χ1v) is 11.1. The van der Waals surface area contributed by atoms with Crippen molar-refractivity contribution in [2.75, 3.05) is 13.2 Å². The van der Waals surface area contributed by atoms with E-state index in [2.05, 4.69) is 25.4 Å². The van der Waals surface area contributed by atoms with Crippen LogP contribution in [-0.4, -0.2) is 28.9 Å². The van der Waals surface area contributed by atoms with Gasteiger partial charge in [0.05, 0.1) is 10.2 Å². The van der Waals surface area contributed by atoms with Crippen LogP contribution < -0.4 is 14.3 Å². The molecule has 0 unspecified atom stereocenters. The van der Waals surface area contributed by atoms with Gasteiger partial charge in [-0.2, -0.15) is 4.99 Å². The highest BCUT2D eigenvalue weighted by Crippen LogP contribution is 2.35. The Hall–Kier alpha value is -2.51. The smallest absolute Gasteiger partial charge is 0.279 e. The second kappa shape index (κ2) is 8.47. The molecule has 2 aromatic carbocycles. The highest BCUT2D eigenvalue weighted by atomic mass is 32.2. The third-order valence-electron chi connectivity index (χ3n) is 4.33. The van der Waals surface area contributed by atoms with Crippen LogP contribution in [0.2, 0.25) is 0 Å². The third kappa shape index (κ3) is 4.26. The van der Waals surface area contributed by atoms with Gasteiger partial charge in [0.2, 0.25) is 0 Å². The van der Waals surface area contributed by atoms with E-state index in [0.29, 0.717) is 35.4 Å². The number of allylic oxidation sites excluding steroid dienone is 1. The van der Waals surface area contributed by atoms with E-state index in [-0.39, 0.29) is 5.91 Å². The maximum absolute atomic E-state index is 12.8. The zero-order valence-corrected chi connectivity index (χ0v) is 18.0. The molecule has 3 aromatic rings. The Morgan fingerprint density at radius 2 is 1.93 bits per heavy atom. The number of carbonyl (C=O) groups excluding carboxylic acids is 1. The molecule has 1 aliphatic heterocycles. The molecule has 0 radical (unpaired) electrons. The van der Waals surface area contributed by atoms with E-state index in [0.717, 1.165) is 26.6 Å². The number of benzene rings is 2. The summed E-state index contributed by atoms with van der Waals surface area (Å²) in [7, 11) is 0. The lowest BCUT2D eigenvalue weighted by molar-refractivity contribution is 0.0998. The number of ether oxygens (including phenoxy) is 2. The molecule has 0 spiro atoms. The molecule has 2 heterocycles. The number of rotatable bonds is 5. The van der Waals surface area contributed by atoms with Gasteiger partial charge in [0.25, 0.3) is 5.91 Å². The van der Waals surface area contributed by atoms with Crippen molar-refractivity contribution in [2.24, 2.45) is 4.99 Å². The molecule has 0 bridgehead atoms. The van der Waals surface area contributed by atoms with Crippen molar-refractivity contribution in [3.8, 4) is 11.5 Å². The number of aromatic nitrogens is 1. The topological polar surface area (TPSA) is 52.8 Å². The number of nitrogens with zero attached hydrogens (tertiary/aromatic N) is 2. The molecule has 0 saturated carbocycles. The van der Waals surface area contributed by atoms with Gasteiger partial charge < -0.3 is 14.0 Å². The predicted molar refractivity (Wildman–Crippen MR) is 118 cm³/mol. The fourth-order valence-corrected chi connectivity index (χ4v) is 4.98. The average Bonchev–Trinajstić information content (AvgIpc) is 3.02. The third-order valence-corrected chi connectivity index (χ3v) is 6.39. The van der Waals surface area contributed by atoms with Crippen LogP contribution in [0.15, 0.2) is 58.9 Å². The van der Waals surface area contributed by atoms with E-state index in [9.17, 15) is 4.79 Å². The summed E-state index contributed by atoms with van der Waals surface area (Å²) in [5.41, 5.74) is 1.53. The van der Waals surface area contributed by atoms with Gasteiger partial charge in [0.1, 0.15) is 13.2 Å². The van der Waals surface area contributed by atoms with Crippen LogP contribution in [0.4, 0.5) is 0 Å². The minimum atomic E-state index is -0.257. The maximum atomic E-state index is 12.8. The number of thioether (sulfide) groups is 1. The number of thiazole rings is 1. The van der Waals surface area contributed by atoms with Gasteiger partial charge in [0.15, 0.2) is 16.3 Å². The van der Waals surface area contributed by atoms with Gasteiger partial charge >= 0.3 is 0 Å². The van der Waals surface area contributed by atoms with Crippen LogP contribution >= 0.6 is 23.1 Å². The van der Waals surface area contributed by atoms with E-state index in [1.807, 2.05) is 41.0 Å². The highest BCUT2D eigenvalue weighted by Gasteiger charge is 2.16. The first-order valence-electron chi connectivity index (χ1n) is 9.45. The number of hydrogen-bond acceptors (Lipinski definition) is 5. The molecule has 0 N–H and O–H groups in total. The Morgan fingerprint density at radius 3 is 2.59 bits per heavy atom. The van der Waals surface area contributed by atoms with E-state index in [1.165, 1.54) is 11.3 Å². The zero-order valence-electron chi connectivity index (χ0n) is 16.4. The van der Waals surface area contributed by atoms with E-state index >= 15 is 0 Å². The molecule has 1 amide bonds. The number of amides is 1. The fraction of sp³-hybridized carbons (Fsp3) is 0.273. The molecule has 0 fully saturated rings. The molecule has 0 atom stereocenters. The molecule has 1 aliphatic rings. The standard InChI is InChI=1S/C22H22N2O3S2/c1-4-9-24-17-12-18-19(27-11-10-26-18)13-20(17)29-22(24)23-21(25)15-5-7-16(8-6-15)28-14(2)3/h4-8,12-14H,1,9-11H2,2-3H3. The van der Waals surface area contributed by atoms with Crippen LogP contribution in [0, 0.1) is 0 Å². The Bertz CT molecular complexity index is 1130. The molecule has 7 heteroatoms. The first-order chi connectivity index (χ1) is 14.0. The molecule has 1 aromatic heterocycles. The summed E-state index contributed by atoms with van der Waals surface area (Å²) in [6.07, 6.45) is 1.80. The Labute approximate surface area is 177 Å². The van der Waals surface area contributed by atoms with Gasteiger partial charge in [-0.15, -0.1) is 18.3 Å². The number of carbonyl (C=O) groups is 1. The second-order valence-corrected chi connectivity index (χ2v) is 9.51. The molecule has 5 nitrogen and oxygen atoms in total. The summed E-state index contributed by atoms with van der Waals surface area (Å²) in [5, 5.41) is 0.497. The molecule has 0 saturated heterocycles. The normalized spacial score (nSPS) is 13.8. The van der Waals surface area contributed by atoms with E-state index < -0.39 is 0 Å². The summed E-state index contributed by atoms with van der Waals surface area (Å²) in [6, 6.07) is 11.5.